The van der Waals surface area contributed by atoms with Gasteiger partial charge in [-0.15, -0.1) is 0 Å². The normalized spacial score (nSPS) is 23.1. The monoisotopic (exact) mass is 225 g/mol. The van der Waals surface area contributed by atoms with Crippen LogP contribution in [0.15, 0.2) is 0 Å². The molecule has 1 rings (SSSR count). The van der Waals surface area contributed by atoms with Gasteiger partial charge in [-0.25, -0.2) is 0 Å². The number of halogens is 3. The molecule has 0 saturated carbocycles. The number of hydrogen-bond donors (Lipinski definition) is 2. The summed E-state index contributed by atoms with van der Waals surface area (Å²) in [6, 6.07) is 0.0282. The van der Waals surface area contributed by atoms with E-state index in [0.29, 0.717) is 13.1 Å². The van der Waals surface area contributed by atoms with Crippen LogP contribution in [0.25, 0.3) is 0 Å². The third-order valence-corrected chi connectivity index (χ3v) is 2.16. The quantitative estimate of drug-likeness (QED) is 0.693. The van der Waals surface area contributed by atoms with Crippen molar-refractivity contribution in [3.05, 3.63) is 0 Å². The van der Waals surface area contributed by atoms with Crippen LogP contribution in [0.5, 0.6) is 0 Å². The van der Waals surface area contributed by atoms with E-state index in [1.807, 2.05) is 5.32 Å². The van der Waals surface area contributed by atoms with Gasteiger partial charge in [-0.05, 0) is 6.42 Å². The molecule has 0 radical (unpaired) electrons. The summed E-state index contributed by atoms with van der Waals surface area (Å²) in [4.78, 5) is 12.8. The Hall–Kier alpha value is -0.820. The minimum Gasteiger partial charge on any atom is -0.346 e. The van der Waals surface area contributed by atoms with Gasteiger partial charge in [0.1, 0.15) is 6.54 Å². The molecular weight excluding hydrogens is 211 g/mol. The van der Waals surface area contributed by atoms with Gasteiger partial charge in [0.2, 0.25) is 5.91 Å². The minimum absolute atomic E-state index is 0.0101. The maximum Gasteiger partial charge on any atom is 0.405 e. The van der Waals surface area contributed by atoms with Crippen molar-refractivity contribution in [3.63, 3.8) is 0 Å². The van der Waals surface area contributed by atoms with Gasteiger partial charge in [0.15, 0.2) is 0 Å². The number of carbonyl (C=O) groups is 1. The highest BCUT2D eigenvalue weighted by Gasteiger charge is 2.28. The zero-order valence-corrected chi connectivity index (χ0v) is 8.18. The number of nitrogens with one attached hydrogen (secondary N) is 1. The van der Waals surface area contributed by atoms with E-state index in [2.05, 4.69) is 0 Å². The second kappa shape index (κ2) is 4.80. The lowest BCUT2D eigenvalue weighted by atomic mass is 10.3. The topological polar surface area (TPSA) is 58.4 Å². The first-order valence-electron chi connectivity index (χ1n) is 4.68. The molecule has 0 spiro atoms. The van der Waals surface area contributed by atoms with E-state index in [9.17, 15) is 18.0 Å². The van der Waals surface area contributed by atoms with Gasteiger partial charge in [0.25, 0.3) is 0 Å². The summed E-state index contributed by atoms with van der Waals surface area (Å²) in [6.07, 6.45) is -3.57. The van der Waals surface area contributed by atoms with Crippen molar-refractivity contribution in [2.24, 2.45) is 5.73 Å². The Labute approximate surface area is 85.6 Å². The summed E-state index contributed by atoms with van der Waals surface area (Å²) in [7, 11) is 0. The second-order valence-electron chi connectivity index (χ2n) is 3.68. The molecule has 1 heterocycles. The van der Waals surface area contributed by atoms with Crippen LogP contribution in [0.3, 0.4) is 0 Å². The summed E-state index contributed by atoms with van der Waals surface area (Å²) in [5.41, 5.74) is 5.59. The highest BCUT2D eigenvalue weighted by Crippen LogP contribution is 2.12. The van der Waals surface area contributed by atoms with E-state index in [4.69, 9.17) is 5.73 Å². The van der Waals surface area contributed by atoms with E-state index in [1.54, 1.807) is 4.90 Å². The number of likely N-dealkylation sites (tertiary alicyclic amines) is 1. The molecule has 0 aromatic rings. The molecular formula is C8H14F3N3O. The second-order valence-corrected chi connectivity index (χ2v) is 3.68. The summed E-state index contributed by atoms with van der Waals surface area (Å²) in [5, 5.41) is 1.82. The van der Waals surface area contributed by atoms with Gasteiger partial charge in [-0.3, -0.25) is 9.69 Å². The van der Waals surface area contributed by atoms with Gasteiger partial charge >= 0.3 is 6.18 Å². The standard InChI is InChI=1S/C8H14F3N3O/c9-8(10,11)5-13-7(15)4-14-2-1-6(12)3-14/h6H,1-5,12H2,(H,13,15)/t6-/m1/s1. The third-order valence-electron chi connectivity index (χ3n) is 2.16. The highest BCUT2D eigenvalue weighted by molar-refractivity contribution is 5.78. The van der Waals surface area contributed by atoms with E-state index < -0.39 is 18.6 Å². The van der Waals surface area contributed by atoms with Crippen molar-refractivity contribution < 1.29 is 18.0 Å². The van der Waals surface area contributed by atoms with Crippen LogP contribution in [0.2, 0.25) is 0 Å². The van der Waals surface area contributed by atoms with Gasteiger partial charge in [0.05, 0.1) is 6.54 Å². The zero-order chi connectivity index (χ0) is 11.5. The molecule has 4 nitrogen and oxygen atoms in total. The van der Waals surface area contributed by atoms with Crippen molar-refractivity contribution in [2.45, 2.75) is 18.6 Å². The average Bonchev–Trinajstić information content (AvgIpc) is 2.47. The molecule has 1 aliphatic rings. The number of amides is 1. The fraction of sp³-hybridized carbons (Fsp3) is 0.875. The molecule has 0 aliphatic carbocycles. The maximum atomic E-state index is 11.7. The van der Waals surface area contributed by atoms with Crippen LogP contribution < -0.4 is 11.1 Å². The lowest BCUT2D eigenvalue weighted by Gasteiger charge is -2.15. The molecule has 88 valence electrons. The first-order valence-corrected chi connectivity index (χ1v) is 4.68. The molecule has 0 aromatic carbocycles. The SMILES string of the molecule is N[C@@H]1CCN(CC(=O)NCC(F)(F)F)C1. The lowest BCUT2D eigenvalue weighted by Crippen LogP contribution is -2.41. The molecule has 1 fully saturated rings. The molecule has 0 aromatic heterocycles. The Kier molecular flexibility index (Phi) is 3.92. The number of nitrogens with two attached hydrogens (primary N) is 1. The largest absolute Gasteiger partial charge is 0.405 e. The van der Waals surface area contributed by atoms with Crippen LogP contribution in [0.1, 0.15) is 6.42 Å². The summed E-state index contributed by atoms with van der Waals surface area (Å²) in [5.74, 6) is -0.610. The molecule has 7 heteroatoms. The van der Waals surface area contributed by atoms with Gasteiger partial charge in [-0.2, -0.15) is 13.2 Å². The van der Waals surface area contributed by atoms with Crippen molar-refractivity contribution in [2.75, 3.05) is 26.2 Å². The Morgan fingerprint density at radius 2 is 2.20 bits per heavy atom. The molecule has 3 N–H and O–H groups in total. The fourth-order valence-corrected chi connectivity index (χ4v) is 1.46. The molecule has 0 bridgehead atoms. The van der Waals surface area contributed by atoms with E-state index in [1.165, 1.54) is 0 Å². The number of nitrogens with zero attached hydrogens (tertiary/aromatic N) is 1. The molecule has 1 saturated heterocycles. The van der Waals surface area contributed by atoms with E-state index in [-0.39, 0.29) is 12.6 Å². The fourth-order valence-electron chi connectivity index (χ4n) is 1.46. The third kappa shape index (κ3) is 4.98. The Morgan fingerprint density at radius 3 is 2.67 bits per heavy atom. The van der Waals surface area contributed by atoms with Crippen molar-refractivity contribution >= 4 is 5.91 Å². The van der Waals surface area contributed by atoms with Gasteiger partial charge in [0, 0.05) is 19.1 Å². The smallest absolute Gasteiger partial charge is 0.346 e. The van der Waals surface area contributed by atoms with Gasteiger partial charge < -0.3 is 11.1 Å². The molecule has 0 unspecified atom stereocenters. The highest BCUT2D eigenvalue weighted by atomic mass is 19.4. The first kappa shape index (κ1) is 12.3. The average molecular weight is 225 g/mol. The zero-order valence-electron chi connectivity index (χ0n) is 8.18. The van der Waals surface area contributed by atoms with Crippen LogP contribution in [-0.4, -0.2) is 49.2 Å². The number of alkyl halides is 3. The first-order chi connectivity index (χ1) is 6.87. The van der Waals surface area contributed by atoms with Gasteiger partial charge in [-0.1, -0.05) is 0 Å². The van der Waals surface area contributed by atoms with E-state index >= 15 is 0 Å². The molecule has 1 atom stereocenters. The Bertz CT molecular complexity index is 232. The van der Waals surface area contributed by atoms with Crippen molar-refractivity contribution in [3.8, 4) is 0 Å². The summed E-state index contributed by atoms with van der Waals surface area (Å²) < 4.78 is 35.2. The maximum absolute atomic E-state index is 11.7. The summed E-state index contributed by atoms with van der Waals surface area (Å²) >= 11 is 0. The van der Waals surface area contributed by atoms with Crippen LogP contribution >= 0.6 is 0 Å². The summed E-state index contributed by atoms with van der Waals surface area (Å²) in [6.45, 7) is -0.0461. The van der Waals surface area contributed by atoms with Crippen LogP contribution in [0.4, 0.5) is 13.2 Å². The van der Waals surface area contributed by atoms with Crippen LogP contribution in [0, 0.1) is 0 Å². The predicted octanol–water partition coefficient (Wildman–Crippen LogP) is -0.302. The number of carbonyl (C=O) groups excluding carboxylic acids is 1. The Balaban J connectivity index is 2.19. The van der Waals surface area contributed by atoms with Crippen molar-refractivity contribution in [1.82, 2.24) is 10.2 Å². The van der Waals surface area contributed by atoms with Crippen molar-refractivity contribution in [1.29, 1.82) is 0 Å². The van der Waals surface area contributed by atoms with E-state index in [0.717, 1.165) is 6.42 Å². The minimum atomic E-state index is -4.35. The number of hydrogen-bond acceptors (Lipinski definition) is 3. The molecule has 1 amide bonds. The van der Waals surface area contributed by atoms with Crippen LogP contribution in [-0.2, 0) is 4.79 Å². The lowest BCUT2D eigenvalue weighted by molar-refractivity contribution is -0.138. The molecule has 1 aliphatic heterocycles. The Morgan fingerprint density at radius 1 is 1.53 bits per heavy atom. The predicted molar refractivity (Wildman–Crippen MR) is 48.1 cm³/mol. The molecule has 15 heavy (non-hydrogen) atoms. The number of rotatable bonds is 3.